The summed E-state index contributed by atoms with van der Waals surface area (Å²) in [6.07, 6.45) is 0. The molecule has 0 fully saturated rings. The summed E-state index contributed by atoms with van der Waals surface area (Å²) in [6.45, 7) is 2.67. The first-order chi connectivity index (χ1) is 7.74. The van der Waals surface area contributed by atoms with E-state index in [0.717, 1.165) is 28.2 Å². The molecule has 0 spiro atoms. The monoisotopic (exact) mass is 217 g/mol. The molecule has 1 N–H and O–H groups in total. The zero-order valence-electron chi connectivity index (χ0n) is 9.74. The van der Waals surface area contributed by atoms with Crippen molar-refractivity contribution in [2.24, 2.45) is 0 Å². The molecule has 1 aromatic carbocycles. The molecule has 2 rings (SSSR count). The molecule has 0 saturated heterocycles. The minimum absolute atomic E-state index is 0.675. The fourth-order valence-electron chi connectivity index (χ4n) is 1.69. The Bertz CT molecular complexity index is 511. The standard InChI is InChI=1S/C12H15N3O/c1-8-10-5-4-9(16-3)6-11(10)15-12(14-8)7-13-2/h4-6,13H,7H2,1-3H3. The van der Waals surface area contributed by atoms with Crippen LogP contribution in [-0.2, 0) is 6.54 Å². The molecule has 1 aromatic heterocycles. The first kappa shape index (κ1) is 10.8. The molecule has 0 saturated carbocycles. The van der Waals surface area contributed by atoms with Gasteiger partial charge in [0.2, 0.25) is 0 Å². The predicted molar refractivity (Wildman–Crippen MR) is 63.6 cm³/mol. The third-order valence-electron chi connectivity index (χ3n) is 2.48. The molecule has 4 nitrogen and oxygen atoms in total. The molecule has 0 aliphatic rings. The molecule has 1 heterocycles. The summed E-state index contributed by atoms with van der Waals surface area (Å²) in [6, 6.07) is 5.85. The summed E-state index contributed by atoms with van der Waals surface area (Å²) >= 11 is 0. The van der Waals surface area contributed by atoms with E-state index in [9.17, 15) is 0 Å². The summed E-state index contributed by atoms with van der Waals surface area (Å²) in [7, 11) is 3.54. The highest BCUT2D eigenvalue weighted by Crippen LogP contribution is 2.20. The van der Waals surface area contributed by atoms with Crippen LogP contribution in [0.15, 0.2) is 18.2 Å². The molecular formula is C12H15N3O. The molecular weight excluding hydrogens is 202 g/mol. The van der Waals surface area contributed by atoms with Crippen molar-refractivity contribution in [3.8, 4) is 5.75 Å². The molecule has 2 aromatic rings. The van der Waals surface area contributed by atoms with Gasteiger partial charge in [-0.3, -0.25) is 0 Å². The van der Waals surface area contributed by atoms with Crippen molar-refractivity contribution in [3.05, 3.63) is 29.7 Å². The highest BCUT2D eigenvalue weighted by Gasteiger charge is 2.04. The van der Waals surface area contributed by atoms with Gasteiger partial charge in [-0.25, -0.2) is 9.97 Å². The van der Waals surface area contributed by atoms with Gasteiger partial charge >= 0.3 is 0 Å². The lowest BCUT2D eigenvalue weighted by Crippen LogP contribution is -2.09. The quantitative estimate of drug-likeness (QED) is 0.849. The predicted octanol–water partition coefficient (Wildman–Crippen LogP) is 1.67. The van der Waals surface area contributed by atoms with Gasteiger partial charge in [-0.2, -0.15) is 0 Å². The van der Waals surface area contributed by atoms with Gasteiger partial charge < -0.3 is 10.1 Å². The zero-order chi connectivity index (χ0) is 11.5. The first-order valence-corrected chi connectivity index (χ1v) is 5.20. The lowest BCUT2D eigenvalue weighted by Gasteiger charge is -2.06. The van der Waals surface area contributed by atoms with Gasteiger partial charge in [0.25, 0.3) is 0 Å². The van der Waals surface area contributed by atoms with E-state index < -0.39 is 0 Å². The minimum atomic E-state index is 0.675. The Kier molecular flexibility index (Phi) is 3.01. The van der Waals surface area contributed by atoms with Crippen molar-refractivity contribution in [1.82, 2.24) is 15.3 Å². The van der Waals surface area contributed by atoms with Crippen molar-refractivity contribution in [3.63, 3.8) is 0 Å². The van der Waals surface area contributed by atoms with Crippen LogP contribution >= 0.6 is 0 Å². The molecule has 16 heavy (non-hydrogen) atoms. The zero-order valence-corrected chi connectivity index (χ0v) is 9.74. The average molecular weight is 217 g/mol. The molecule has 0 aliphatic carbocycles. The second-order valence-electron chi connectivity index (χ2n) is 3.64. The molecule has 0 atom stereocenters. The van der Waals surface area contributed by atoms with Crippen molar-refractivity contribution >= 4 is 10.9 Å². The second kappa shape index (κ2) is 4.45. The van der Waals surface area contributed by atoms with Crippen LogP contribution in [0.2, 0.25) is 0 Å². The molecule has 0 aliphatic heterocycles. The third kappa shape index (κ3) is 1.97. The van der Waals surface area contributed by atoms with E-state index >= 15 is 0 Å². The van der Waals surface area contributed by atoms with Crippen molar-refractivity contribution < 1.29 is 4.74 Å². The number of hydrogen-bond donors (Lipinski definition) is 1. The Labute approximate surface area is 94.7 Å². The van der Waals surface area contributed by atoms with Crippen molar-refractivity contribution in [1.29, 1.82) is 0 Å². The fourth-order valence-corrected chi connectivity index (χ4v) is 1.69. The van der Waals surface area contributed by atoms with Crippen molar-refractivity contribution in [2.45, 2.75) is 13.5 Å². The van der Waals surface area contributed by atoms with Gasteiger partial charge in [0.1, 0.15) is 11.6 Å². The first-order valence-electron chi connectivity index (χ1n) is 5.20. The van der Waals surface area contributed by atoms with E-state index in [0.29, 0.717) is 6.54 Å². The van der Waals surface area contributed by atoms with E-state index in [1.807, 2.05) is 32.2 Å². The molecule has 0 radical (unpaired) electrons. The van der Waals surface area contributed by atoms with Crippen LogP contribution < -0.4 is 10.1 Å². The lowest BCUT2D eigenvalue weighted by molar-refractivity contribution is 0.415. The lowest BCUT2D eigenvalue weighted by atomic mass is 10.2. The largest absolute Gasteiger partial charge is 0.497 e. The molecule has 0 unspecified atom stereocenters. The smallest absolute Gasteiger partial charge is 0.143 e. The fraction of sp³-hybridized carbons (Fsp3) is 0.333. The van der Waals surface area contributed by atoms with Crippen LogP contribution in [-0.4, -0.2) is 24.1 Å². The van der Waals surface area contributed by atoms with Crippen LogP contribution in [0.5, 0.6) is 5.75 Å². The number of benzene rings is 1. The number of methoxy groups -OCH3 is 1. The van der Waals surface area contributed by atoms with Gasteiger partial charge in [0.05, 0.1) is 19.2 Å². The number of ether oxygens (including phenoxy) is 1. The Balaban J connectivity index is 2.58. The van der Waals surface area contributed by atoms with E-state index in [1.54, 1.807) is 7.11 Å². The van der Waals surface area contributed by atoms with Crippen LogP contribution in [0, 0.1) is 6.92 Å². The van der Waals surface area contributed by atoms with Gasteiger partial charge in [0.15, 0.2) is 0 Å². The van der Waals surface area contributed by atoms with Gasteiger partial charge in [-0.1, -0.05) is 0 Å². The Hall–Kier alpha value is -1.68. The molecule has 4 heteroatoms. The van der Waals surface area contributed by atoms with Crippen LogP contribution in [0.4, 0.5) is 0 Å². The maximum Gasteiger partial charge on any atom is 0.143 e. The molecule has 0 amide bonds. The maximum absolute atomic E-state index is 5.19. The van der Waals surface area contributed by atoms with Gasteiger partial charge in [-0.05, 0) is 26.1 Å². The topological polar surface area (TPSA) is 47.0 Å². The Morgan fingerprint density at radius 3 is 2.81 bits per heavy atom. The molecule has 84 valence electrons. The summed E-state index contributed by atoms with van der Waals surface area (Å²) in [4.78, 5) is 8.91. The Morgan fingerprint density at radius 1 is 1.31 bits per heavy atom. The number of fused-ring (bicyclic) bond motifs is 1. The van der Waals surface area contributed by atoms with Crippen molar-refractivity contribution in [2.75, 3.05) is 14.2 Å². The Morgan fingerprint density at radius 2 is 2.12 bits per heavy atom. The van der Waals surface area contributed by atoms with E-state index in [4.69, 9.17) is 4.74 Å². The van der Waals surface area contributed by atoms with E-state index in [1.165, 1.54) is 0 Å². The summed E-state index contributed by atoms with van der Waals surface area (Å²) in [5.74, 6) is 1.63. The normalized spacial score (nSPS) is 10.7. The van der Waals surface area contributed by atoms with E-state index in [-0.39, 0.29) is 0 Å². The van der Waals surface area contributed by atoms with Gasteiger partial charge in [0, 0.05) is 17.1 Å². The number of nitrogens with zero attached hydrogens (tertiary/aromatic N) is 2. The number of aryl methyl sites for hydroxylation is 1. The summed E-state index contributed by atoms with van der Waals surface area (Å²) in [5.41, 5.74) is 1.93. The second-order valence-corrected chi connectivity index (χ2v) is 3.64. The number of nitrogens with one attached hydrogen (secondary N) is 1. The van der Waals surface area contributed by atoms with Gasteiger partial charge in [-0.15, -0.1) is 0 Å². The number of rotatable bonds is 3. The van der Waals surface area contributed by atoms with E-state index in [2.05, 4.69) is 15.3 Å². The summed E-state index contributed by atoms with van der Waals surface area (Å²) < 4.78 is 5.19. The summed E-state index contributed by atoms with van der Waals surface area (Å²) in [5, 5.41) is 4.12. The SMILES string of the molecule is CNCc1nc(C)c2ccc(OC)cc2n1. The number of hydrogen-bond acceptors (Lipinski definition) is 4. The number of aromatic nitrogens is 2. The third-order valence-corrected chi connectivity index (χ3v) is 2.48. The van der Waals surface area contributed by atoms with Crippen LogP contribution in [0.3, 0.4) is 0 Å². The highest BCUT2D eigenvalue weighted by molar-refractivity contribution is 5.82. The minimum Gasteiger partial charge on any atom is -0.497 e. The highest BCUT2D eigenvalue weighted by atomic mass is 16.5. The average Bonchev–Trinajstić information content (AvgIpc) is 2.28. The maximum atomic E-state index is 5.19. The van der Waals surface area contributed by atoms with Crippen LogP contribution in [0.25, 0.3) is 10.9 Å². The molecule has 0 bridgehead atoms. The van der Waals surface area contributed by atoms with Crippen LogP contribution in [0.1, 0.15) is 11.5 Å².